The highest BCUT2D eigenvalue weighted by molar-refractivity contribution is 5.92. The Morgan fingerprint density at radius 2 is 1.05 bits per heavy atom. The predicted octanol–water partition coefficient (Wildman–Crippen LogP) is 7.35. The third-order valence-corrected chi connectivity index (χ3v) is 7.13. The number of hydrogen-bond donors (Lipinski definition) is 0. The maximum absolute atomic E-state index is 5.00. The highest BCUT2D eigenvalue weighted by atomic mass is 15.4. The molecule has 0 aliphatic heterocycles. The smallest absolute Gasteiger partial charge is 0.220 e. The molecule has 5 aromatic carbocycles. The lowest BCUT2D eigenvalue weighted by Crippen LogP contribution is -2.01. The summed E-state index contributed by atoms with van der Waals surface area (Å²) in [5, 5.41) is 4.93. The van der Waals surface area contributed by atoms with Gasteiger partial charge in [-0.25, -0.2) is 14.6 Å². The van der Waals surface area contributed by atoms with Gasteiger partial charge in [-0.3, -0.25) is 8.97 Å². The zero-order chi connectivity index (χ0) is 25.8. The van der Waals surface area contributed by atoms with E-state index in [4.69, 9.17) is 15.1 Å². The van der Waals surface area contributed by atoms with Crippen LogP contribution in [0.25, 0.3) is 62.0 Å². The second-order valence-electron chi connectivity index (χ2n) is 9.48. The van der Waals surface area contributed by atoms with Crippen LogP contribution in [-0.4, -0.2) is 28.7 Å². The van der Waals surface area contributed by atoms with Crippen LogP contribution >= 0.6 is 0 Å². The summed E-state index contributed by atoms with van der Waals surface area (Å²) < 4.78 is 6.37. The van der Waals surface area contributed by atoms with Crippen LogP contribution in [-0.2, 0) is 0 Å². The second-order valence-corrected chi connectivity index (χ2v) is 9.48. The fourth-order valence-corrected chi connectivity index (χ4v) is 5.32. The van der Waals surface area contributed by atoms with Gasteiger partial charge in [0.25, 0.3) is 0 Å². The Labute approximate surface area is 224 Å². The molecular weight excluding hydrogens is 480 g/mol. The van der Waals surface area contributed by atoms with Gasteiger partial charge in [-0.2, -0.15) is 0 Å². The maximum Gasteiger partial charge on any atom is 0.220 e. The fraction of sp³-hybridized carbons (Fsp3) is 0. The van der Waals surface area contributed by atoms with Crippen LogP contribution in [0.15, 0.2) is 133 Å². The molecule has 3 aromatic heterocycles. The summed E-state index contributed by atoms with van der Waals surface area (Å²) in [6.45, 7) is 0. The molecule has 0 spiro atoms. The van der Waals surface area contributed by atoms with Crippen LogP contribution in [0.3, 0.4) is 0 Å². The van der Waals surface area contributed by atoms with E-state index in [1.54, 1.807) is 0 Å². The third kappa shape index (κ3) is 3.39. The highest BCUT2D eigenvalue weighted by Crippen LogP contribution is 2.30. The van der Waals surface area contributed by atoms with Crippen LogP contribution in [0.5, 0.6) is 0 Å². The molecule has 6 heteroatoms. The van der Waals surface area contributed by atoms with Crippen molar-refractivity contribution in [3.63, 3.8) is 0 Å². The van der Waals surface area contributed by atoms with Crippen LogP contribution < -0.4 is 0 Å². The zero-order valence-electron chi connectivity index (χ0n) is 20.9. The average Bonchev–Trinajstić information content (AvgIpc) is 3.70. The van der Waals surface area contributed by atoms with Crippen molar-refractivity contribution in [3.8, 4) is 34.2 Å². The lowest BCUT2D eigenvalue weighted by Gasteiger charge is -2.09. The largest absolute Gasteiger partial charge is 0.278 e. The van der Waals surface area contributed by atoms with Crippen molar-refractivity contribution in [2.24, 2.45) is 0 Å². The number of fused-ring (bicyclic) bond motifs is 5. The van der Waals surface area contributed by atoms with Crippen molar-refractivity contribution in [3.05, 3.63) is 133 Å². The number of aromatic nitrogens is 6. The highest BCUT2D eigenvalue weighted by Gasteiger charge is 2.18. The molecule has 0 saturated heterocycles. The lowest BCUT2D eigenvalue weighted by molar-refractivity contribution is 0.889. The predicted molar refractivity (Wildman–Crippen MR) is 155 cm³/mol. The van der Waals surface area contributed by atoms with E-state index < -0.39 is 0 Å². The topological polar surface area (TPSA) is 52.9 Å². The molecule has 39 heavy (non-hydrogen) atoms. The molecule has 0 amide bonds. The first-order chi connectivity index (χ1) is 19.3. The van der Waals surface area contributed by atoms with E-state index in [1.807, 2.05) is 59.3 Å². The van der Waals surface area contributed by atoms with Gasteiger partial charge < -0.3 is 0 Å². The quantitative estimate of drug-likeness (QED) is 0.253. The normalized spacial score (nSPS) is 11.6. The van der Waals surface area contributed by atoms with Gasteiger partial charge in [0.15, 0.2) is 11.6 Å². The van der Waals surface area contributed by atoms with Crippen molar-refractivity contribution in [1.82, 2.24) is 28.7 Å². The Kier molecular flexibility index (Phi) is 4.72. The van der Waals surface area contributed by atoms with Gasteiger partial charge in [0, 0.05) is 16.8 Å². The lowest BCUT2D eigenvalue weighted by atomic mass is 10.2. The van der Waals surface area contributed by atoms with Crippen molar-refractivity contribution in [2.75, 3.05) is 0 Å². The Balaban J connectivity index is 1.30. The zero-order valence-corrected chi connectivity index (χ0v) is 20.9. The van der Waals surface area contributed by atoms with E-state index in [-0.39, 0.29) is 0 Å². The van der Waals surface area contributed by atoms with E-state index in [9.17, 15) is 0 Å². The first-order valence-electron chi connectivity index (χ1n) is 12.9. The molecule has 0 saturated carbocycles. The Morgan fingerprint density at radius 1 is 0.462 bits per heavy atom. The molecule has 0 atom stereocenters. The maximum atomic E-state index is 5.00. The molecule has 0 radical (unpaired) electrons. The van der Waals surface area contributed by atoms with Gasteiger partial charge in [0.1, 0.15) is 0 Å². The minimum atomic E-state index is 0.695. The second kappa shape index (κ2) is 8.53. The van der Waals surface area contributed by atoms with Crippen molar-refractivity contribution in [1.29, 1.82) is 0 Å². The summed E-state index contributed by atoms with van der Waals surface area (Å²) in [7, 11) is 0. The van der Waals surface area contributed by atoms with Gasteiger partial charge in [-0.15, -0.1) is 5.10 Å². The minimum absolute atomic E-state index is 0.695. The van der Waals surface area contributed by atoms with Crippen LogP contribution in [0.4, 0.5) is 0 Å². The van der Waals surface area contributed by atoms with E-state index in [2.05, 4.69) is 87.8 Å². The molecule has 0 bridgehead atoms. The summed E-state index contributed by atoms with van der Waals surface area (Å²) in [6.07, 6.45) is 0. The number of para-hydroxylation sites is 4. The molecule has 0 N–H and O–H groups in total. The molecule has 8 aromatic rings. The number of rotatable bonds is 4. The van der Waals surface area contributed by atoms with Crippen LogP contribution in [0, 0.1) is 0 Å². The van der Waals surface area contributed by atoms with Gasteiger partial charge in [0.05, 0.1) is 27.8 Å². The van der Waals surface area contributed by atoms with Crippen LogP contribution in [0.1, 0.15) is 0 Å². The summed E-state index contributed by atoms with van der Waals surface area (Å²) >= 11 is 0. The molecule has 0 fully saturated rings. The molecule has 8 rings (SSSR count). The molecule has 184 valence electrons. The van der Waals surface area contributed by atoms with E-state index >= 15 is 0 Å². The first kappa shape index (κ1) is 21.6. The monoisotopic (exact) mass is 502 g/mol. The van der Waals surface area contributed by atoms with Gasteiger partial charge in [-0.1, -0.05) is 84.9 Å². The van der Waals surface area contributed by atoms with E-state index in [0.717, 1.165) is 56.2 Å². The number of imidazole rings is 2. The van der Waals surface area contributed by atoms with Crippen LogP contribution in [0.2, 0.25) is 0 Å². The third-order valence-electron chi connectivity index (χ3n) is 7.13. The fourth-order valence-electron chi connectivity index (χ4n) is 5.32. The molecule has 0 aliphatic carbocycles. The minimum Gasteiger partial charge on any atom is -0.278 e. The van der Waals surface area contributed by atoms with Crippen molar-refractivity contribution in [2.45, 2.75) is 0 Å². The first-order valence-corrected chi connectivity index (χ1v) is 12.9. The van der Waals surface area contributed by atoms with Gasteiger partial charge in [0.2, 0.25) is 5.78 Å². The SMILES string of the molecule is c1ccc(-c2nc(-c3ccccc3)n(-c3ccc(-n4c5ccccc5n5c6ccccc6nc45)cc3)n2)cc1. The Bertz CT molecular complexity index is 2100. The molecule has 3 heterocycles. The number of hydrogen-bond acceptors (Lipinski definition) is 3. The van der Waals surface area contributed by atoms with Gasteiger partial charge >= 0.3 is 0 Å². The number of nitrogens with zero attached hydrogens (tertiary/aromatic N) is 6. The summed E-state index contributed by atoms with van der Waals surface area (Å²) in [6, 6.07) is 45.4. The Hall–Kier alpha value is -5.49. The molecule has 0 unspecified atom stereocenters. The summed E-state index contributed by atoms with van der Waals surface area (Å²) in [5.41, 5.74) is 8.28. The summed E-state index contributed by atoms with van der Waals surface area (Å²) in [4.78, 5) is 9.94. The van der Waals surface area contributed by atoms with Crippen molar-refractivity contribution < 1.29 is 0 Å². The van der Waals surface area contributed by atoms with Gasteiger partial charge in [-0.05, 0) is 48.5 Å². The summed E-state index contributed by atoms with van der Waals surface area (Å²) in [5.74, 6) is 2.39. The molecule has 0 aliphatic rings. The van der Waals surface area contributed by atoms with E-state index in [1.165, 1.54) is 0 Å². The molecular formula is C33H22N6. The number of benzene rings is 5. The Morgan fingerprint density at radius 3 is 1.79 bits per heavy atom. The average molecular weight is 503 g/mol. The standard InChI is InChI=1S/C33H22N6/c1-3-11-23(12-4-1)31-35-32(24-13-5-2-6-14-24)39(36-31)26-21-19-25(20-22-26)37-29-17-9-10-18-30(29)38-28-16-8-7-15-27(28)34-33(37)38/h1-22H. The van der Waals surface area contributed by atoms with E-state index in [0.29, 0.717) is 5.82 Å². The van der Waals surface area contributed by atoms with Crippen molar-refractivity contribution >= 4 is 27.8 Å². The molecule has 6 nitrogen and oxygen atoms in total.